The van der Waals surface area contributed by atoms with Crippen LogP contribution in [0.5, 0.6) is 11.5 Å². The van der Waals surface area contributed by atoms with Gasteiger partial charge in [0.05, 0.1) is 34.8 Å². The summed E-state index contributed by atoms with van der Waals surface area (Å²) in [5.74, 6) is 1.17. The lowest BCUT2D eigenvalue weighted by Gasteiger charge is -2.12. The van der Waals surface area contributed by atoms with Crippen molar-refractivity contribution < 1.29 is 21.8 Å². The second-order valence-corrected chi connectivity index (χ2v) is 7.16. The first-order chi connectivity index (χ1) is 12.3. The van der Waals surface area contributed by atoms with E-state index >= 15 is 0 Å². The second kappa shape index (κ2) is 7.09. The normalized spacial score (nSPS) is 11.5. The number of fused-ring (bicyclic) bond motifs is 1. The average Bonchev–Trinajstić information content (AvgIpc) is 2.61. The van der Waals surface area contributed by atoms with Crippen LogP contribution in [0.1, 0.15) is 6.92 Å². The van der Waals surface area contributed by atoms with E-state index < -0.39 is 15.1 Å². The molecule has 0 fully saturated rings. The molecule has 8 heteroatoms. The van der Waals surface area contributed by atoms with Crippen molar-refractivity contribution in [3.63, 3.8) is 0 Å². The van der Waals surface area contributed by atoms with Gasteiger partial charge < -0.3 is 9.47 Å². The van der Waals surface area contributed by atoms with Crippen molar-refractivity contribution >= 4 is 32.7 Å². The van der Waals surface area contributed by atoms with Crippen LogP contribution in [-0.4, -0.2) is 27.1 Å². The summed E-state index contributed by atoms with van der Waals surface area (Å²) in [6.07, 6.45) is 0. The molecular weight excluding hydrogens is 381 g/mol. The van der Waals surface area contributed by atoms with E-state index in [1.54, 1.807) is 25.3 Å². The molecule has 0 atom stereocenters. The van der Waals surface area contributed by atoms with Crippen LogP contribution in [0.2, 0.25) is 5.02 Å². The molecule has 0 saturated heterocycles. The van der Waals surface area contributed by atoms with Gasteiger partial charge in [-0.3, -0.25) is 0 Å². The largest absolute Gasteiger partial charge is 0.493 e. The minimum atomic E-state index is -4.81. The molecule has 3 rings (SSSR count). The van der Waals surface area contributed by atoms with Crippen molar-refractivity contribution in [2.75, 3.05) is 13.7 Å². The molecule has 0 aliphatic carbocycles. The molecule has 0 aliphatic rings. The monoisotopic (exact) mass is 395 g/mol. The van der Waals surface area contributed by atoms with Gasteiger partial charge in [-0.2, -0.15) is 8.42 Å². The molecular formula is C18H15ClFNO4S. The molecule has 0 amide bonds. The van der Waals surface area contributed by atoms with Gasteiger partial charge in [-0.1, -0.05) is 11.6 Å². The van der Waals surface area contributed by atoms with E-state index in [9.17, 15) is 12.3 Å². The topological polar surface area (TPSA) is 65.5 Å². The van der Waals surface area contributed by atoms with E-state index in [0.29, 0.717) is 34.7 Å². The van der Waals surface area contributed by atoms with Crippen molar-refractivity contribution in [1.82, 2.24) is 4.98 Å². The Morgan fingerprint density at radius 1 is 1.12 bits per heavy atom. The van der Waals surface area contributed by atoms with Crippen molar-refractivity contribution in [1.29, 1.82) is 0 Å². The Kier molecular flexibility index (Phi) is 5.02. The summed E-state index contributed by atoms with van der Waals surface area (Å²) >= 11 is 6.28. The van der Waals surface area contributed by atoms with Crippen molar-refractivity contribution in [3.8, 4) is 22.8 Å². The lowest BCUT2D eigenvalue weighted by atomic mass is 10.1. The molecule has 5 nitrogen and oxygen atoms in total. The summed E-state index contributed by atoms with van der Waals surface area (Å²) < 4.78 is 46.2. The van der Waals surface area contributed by atoms with E-state index in [0.717, 1.165) is 11.6 Å². The van der Waals surface area contributed by atoms with Gasteiger partial charge in [-0.15, -0.1) is 3.89 Å². The smallest absolute Gasteiger partial charge is 0.332 e. The molecule has 0 N–H and O–H groups in total. The van der Waals surface area contributed by atoms with Crippen LogP contribution in [-0.2, 0) is 10.2 Å². The maximum atomic E-state index is 13.2. The Morgan fingerprint density at radius 2 is 1.88 bits per heavy atom. The standard InChI is InChI=1S/C18H15ClFNO4S/c1-3-25-17-7-4-11(8-18(17)24-2)16-10-14(19)13-9-12(26(20,22)23)5-6-15(13)21-16/h4-10H,3H2,1-2H3. The number of pyridine rings is 1. The number of halogens is 2. The highest BCUT2D eigenvalue weighted by Crippen LogP contribution is 2.35. The molecule has 1 heterocycles. The van der Waals surface area contributed by atoms with E-state index in [-0.39, 0.29) is 5.02 Å². The van der Waals surface area contributed by atoms with Crippen LogP contribution >= 0.6 is 11.6 Å². The molecule has 0 saturated carbocycles. The summed E-state index contributed by atoms with van der Waals surface area (Å²) in [4.78, 5) is 4.03. The Balaban J connectivity index is 2.12. The lowest BCUT2D eigenvalue weighted by Crippen LogP contribution is -1.96. The van der Waals surface area contributed by atoms with Gasteiger partial charge in [-0.25, -0.2) is 4.98 Å². The first-order valence-electron chi connectivity index (χ1n) is 7.69. The van der Waals surface area contributed by atoms with E-state index in [4.69, 9.17) is 21.1 Å². The molecule has 0 bridgehead atoms. The molecule has 136 valence electrons. The number of hydrogen-bond donors (Lipinski definition) is 0. The van der Waals surface area contributed by atoms with Gasteiger partial charge in [-0.05, 0) is 49.4 Å². The van der Waals surface area contributed by atoms with Gasteiger partial charge in [0.2, 0.25) is 0 Å². The minimum Gasteiger partial charge on any atom is -0.493 e. The van der Waals surface area contributed by atoms with Crippen molar-refractivity contribution in [3.05, 3.63) is 47.5 Å². The van der Waals surface area contributed by atoms with Crippen LogP contribution < -0.4 is 9.47 Å². The zero-order valence-corrected chi connectivity index (χ0v) is 15.6. The highest BCUT2D eigenvalue weighted by Gasteiger charge is 2.15. The predicted molar refractivity (Wildman–Crippen MR) is 98.2 cm³/mol. The molecule has 2 aromatic carbocycles. The van der Waals surface area contributed by atoms with Crippen LogP contribution in [0.3, 0.4) is 0 Å². The Morgan fingerprint density at radius 3 is 2.54 bits per heavy atom. The maximum absolute atomic E-state index is 13.2. The molecule has 26 heavy (non-hydrogen) atoms. The van der Waals surface area contributed by atoms with Crippen molar-refractivity contribution in [2.24, 2.45) is 0 Å². The van der Waals surface area contributed by atoms with E-state index in [1.807, 2.05) is 13.0 Å². The second-order valence-electron chi connectivity index (χ2n) is 5.40. The molecule has 3 aromatic rings. The third-order valence-corrected chi connectivity index (χ3v) is 4.90. The number of rotatable bonds is 5. The Hall–Kier alpha value is -2.38. The number of ether oxygens (including phenoxy) is 2. The van der Waals surface area contributed by atoms with E-state index in [1.165, 1.54) is 12.1 Å². The lowest BCUT2D eigenvalue weighted by molar-refractivity contribution is 0.311. The number of hydrogen-bond acceptors (Lipinski definition) is 5. The fraction of sp³-hybridized carbons (Fsp3) is 0.167. The van der Waals surface area contributed by atoms with Gasteiger partial charge in [0.15, 0.2) is 11.5 Å². The summed E-state index contributed by atoms with van der Waals surface area (Å²) in [5, 5.41) is 0.621. The Labute approximate surface area is 155 Å². The predicted octanol–water partition coefficient (Wildman–Crippen LogP) is 4.62. The van der Waals surface area contributed by atoms with Crippen LogP contribution in [0.25, 0.3) is 22.2 Å². The molecule has 0 spiro atoms. The number of aromatic nitrogens is 1. The first-order valence-corrected chi connectivity index (χ1v) is 9.46. The van der Waals surface area contributed by atoms with Crippen LogP contribution in [0.15, 0.2) is 47.4 Å². The van der Waals surface area contributed by atoms with Gasteiger partial charge in [0.1, 0.15) is 0 Å². The number of nitrogens with zero attached hydrogens (tertiary/aromatic N) is 1. The highest BCUT2D eigenvalue weighted by molar-refractivity contribution is 7.86. The first kappa shape index (κ1) is 18.4. The SMILES string of the molecule is CCOc1ccc(-c2cc(Cl)c3cc(S(=O)(=O)F)ccc3n2)cc1OC. The fourth-order valence-electron chi connectivity index (χ4n) is 2.56. The number of benzene rings is 2. The maximum Gasteiger partial charge on any atom is 0.332 e. The summed E-state index contributed by atoms with van der Waals surface area (Å²) in [6.45, 7) is 2.39. The minimum absolute atomic E-state index is 0.267. The van der Waals surface area contributed by atoms with Gasteiger partial charge in [0, 0.05) is 10.9 Å². The summed E-state index contributed by atoms with van der Waals surface area (Å²) in [5.41, 5.74) is 1.77. The molecule has 0 unspecified atom stereocenters. The van der Waals surface area contributed by atoms with Crippen LogP contribution in [0, 0.1) is 0 Å². The molecule has 0 aliphatic heterocycles. The van der Waals surface area contributed by atoms with E-state index in [2.05, 4.69) is 4.98 Å². The fourth-order valence-corrected chi connectivity index (χ4v) is 3.31. The Bertz CT molecular complexity index is 1090. The third-order valence-electron chi connectivity index (χ3n) is 3.77. The zero-order chi connectivity index (χ0) is 18.9. The quantitative estimate of drug-likeness (QED) is 0.590. The van der Waals surface area contributed by atoms with Gasteiger partial charge in [0.25, 0.3) is 0 Å². The van der Waals surface area contributed by atoms with Gasteiger partial charge >= 0.3 is 10.2 Å². The van der Waals surface area contributed by atoms with Crippen LogP contribution in [0.4, 0.5) is 3.89 Å². The average molecular weight is 396 g/mol. The zero-order valence-electron chi connectivity index (χ0n) is 14.0. The molecule has 0 radical (unpaired) electrons. The summed E-state index contributed by atoms with van der Waals surface area (Å²) in [7, 11) is -3.27. The third kappa shape index (κ3) is 3.59. The highest BCUT2D eigenvalue weighted by atomic mass is 35.5. The molecule has 1 aromatic heterocycles. The number of methoxy groups -OCH3 is 1. The van der Waals surface area contributed by atoms with Crippen molar-refractivity contribution in [2.45, 2.75) is 11.8 Å². The summed E-state index contributed by atoms with van der Waals surface area (Å²) in [6, 6.07) is 10.7.